The number of piperidine rings is 1. The monoisotopic (exact) mass is 625 g/mol. The number of hydrogen-bond acceptors (Lipinski definition) is 9. The average molecular weight is 626 g/mol. The minimum atomic E-state index is -2.13. The number of aliphatic hydroxyl groups is 2. The lowest BCUT2D eigenvalue weighted by Crippen LogP contribution is -2.64. The standard InChI is InChI=1S/C33H43N3O9/c1-5-44-27-14-20(30(40)36-23-7-6-8-24(36)19-43-18-23)10-12-26(27)29(39)34-16-28(38)33(42)15-21-9-11-25(37)13-22(21)17-35(33)31(41)45-32(2,3)4/h9-14,23-24,28,37-38,42H,5-8,15-19H2,1-4H3,(H,34,39)/t23?,24?,28-,33+/m1/s1. The summed E-state index contributed by atoms with van der Waals surface area (Å²) in [5, 5.41) is 35.7. The number of nitrogens with zero attached hydrogens (tertiary/aromatic N) is 2. The van der Waals surface area contributed by atoms with Crippen LogP contribution < -0.4 is 10.1 Å². The minimum Gasteiger partial charge on any atom is -0.508 e. The molecule has 3 aliphatic rings. The highest BCUT2D eigenvalue weighted by Crippen LogP contribution is 2.35. The lowest BCUT2D eigenvalue weighted by molar-refractivity contribution is -0.177. The fourth-order valence-electron chi connectivity index (χ4n) is 6.33. The second-order valence-corrected chi connectivity index (χ2v) is 12.9. The number of morpholine rings is 1. The van der Waals surface area contributed by atoms with Crippen LogP contribution in [0, 0.1) is 0 Å². The third-order valence-electron chi connectivity index (χ3n) is 8.53. The zero-order valence-corrected chi connectivity index (χ0v) is 26.2. The number of ether oxygens (including phenoxy) is 3. The number of fused-ring (bicyclic) bond motifs is 3. The highest BCUT2D eigenvalue weighted by Gasteiger charge is 2.49. The molecule has 12 nitrogen and oxygen atoms in total. The molecule has 3 aliphatic heterocycles. The Morgan fingerprint density at radius 2 is 1.80 bits per heavy atom. The topological polar surface area (TPSA) is 158 Å². The van der Waals surface area contributed by atoms with Gasteiger partial charge in [0.05, 0.1) is 44.0 Å². The predicted octanol–water partition coefficient (Wildman–Crippen LogP) is 2.96. The number of nitrogens with one attached hydrogen (secondary N) is 1. The van der Waals surface area contributed by atoms with Crippen LogP contribution in [0.3, 0.4) is 0 Å². The lowest BCUT2D eigenvalue weighted by Gasteiger charge is -2.46. The summed E-state index contributed by atoms with van der Waals surface area (Å²) < 4.78 is 17.0. The molecule has 2 saturated heterocycles. The molecule has 2 unspecified atom stereocenters. The van der Waals surface area contributed by atoms with Crippen molar-refractivity contribution in [2.75, 3.05) is 26.4 Å². The zero-order chi connectivity index (χ0) is 32.5. The van der Waals surface area contributed by atoms with Crippen molar-refractivity contribution in [1.82, 2.24) is 15.1 Å². The number of rotatable bonds is 7. The van der Waals surface area contributed by atoms with E-state index in [9.17, 15) is 29.7 Å². The van der Waals surface area contributed by atoms with Crippen molar-refractivity contribution < 1.29 is 43.9 Å². The Balaban J connectivity index is 1.33. The van der Waals surface area contributed by atoms with Gasteiger partial charge in [0.15, 0.2) is 5.72 Å². The molecule has 0 radical (unpaired) electrons. The fraction of sp³-hybridized carbons (Fsp3) is 0.545. The van der Waals surface area contributed by atoms with Crippen LogP contribution in [0.2, 0.25) is 0 Å². The largest absolute Gasteiger partial charge is 0.508 e. The molecule has 3 amide bonds. The molecule has 0 saturated carbocycles. The van der Waals surface area contributed by atoms with Crippen molar-refractivity contribution in [1.29, 1.82) is 0 Å². The highest BCUT2D eigenvalue weighted by atomic mass is 16.6. The first-order valence-electron chi connectivity index (χ1n) is 15.5. The molecule has 4 N–H and O–H groups in total. The van der Waals surface area contributed by atoms with Gasteiger partial charge in [0.25, 0.3) is 11.8 Å². The highest BCUT2D eigenvalue weighted by molar-refractivity contribution is 6.00. The molecule has 12 heteroatoms. The average Bonchev–Trinajstić information content (AvgIpc) is 2.98. The van der Waals surface area contributed by atoms with Crippen molar-refractivity contribution in [3.63, 3.8) is 0 Å². The van der Waals surface area contributed by atoms with Crippen LogP contribution in [-0.4, -0.2) is 98.9 Å². The van der Waals surface area contributed by atoms with Gasteiger partial charge in [0.1, 0.15) is 23.2 Å². The van der Waals surface area contributed by atoms with Crippen LogP contribution in [0.1, 0.15) is 78.8 Å². The molecule has 4 atom stereocenters. The summed E-state index contributed by atoms with van der Waals surface area (Å²) in [6.07, 6.45) is 0.187. The third-order valence-corrected chi connectivity index (χ3v) is 8.53. The van der Waals surface area contributed by atoms with Crippen LogP contribution in [0.15, 0.2) is 36.4 Å². The molecule has 5 rings (SSSR count). The molecular formula is C33H43N3O9. The van der Waals surface area contributed by atoms with E-state index < -0.39 is 36.0 Å². The summed E-state index contributed by atoms with van der Waals surface area (Å²) in [7, 11) is 0. The summed E-state index contributed by atoms with van der Waals surface area (Å²) in [4.78, 5) is 43.1. The van der Waals surface area contributed by atoms with Gasteiger partial charge >= 0.3 is 6.09 Å². The molecule has 45 heavy (non-hydrogen) atoms. The van der Waals surface area contributed by atoms with Gasteiger partial charge in [0, 0.05) is 18.5 Å². The number of carbonyl (C=O) groups excluding carboxylic acids is 3. The van der Waals surface area contributed by atoms with Crippen molar-refractivity contribution >= 4 is 17.9 Å². The van der Waals surface area contributed by atoms with Gasteiger partial charge in [0.2, 0.25) is 0 Å². The Kier molecular flexibility index (Phi) is 9.29. The first-order valence-corrected chi connectivity index (χ1v) is 15.5. The summed E-state index contributed by atoms with van der Waals surface area (Å²) in [5.41, 5.74) is -1.22. The van der Waals surface area contributed by atoms with E-state index in [0.717, 1.165) is 24.2 Å². The number of aliphatic hydroxyl groups excluding tert-OH is 1. The Labute approximate surface area is 262 Å². The van der Waals surface area contributed by atoms with E-state index in [1.54, 1.807) is 45.9 Å². The number of phenolic OH excluding ortho intramolecular Hbond substituents is 1. The SMILES string of the molecule is CCOc1cc(C(=O)N2C3CCCC2COC3)ccc1C(=O)NC[C@@H](O)[C@@]1(O)Cc2ccc(O)cc2CN1C(=O)OC(C)(C)C. The van der Waals surface area contributed by atoms with E-state index in [0.29, 0.717) is 29.9 Å². The molecule has 0 aliphatic carbocycles. The molecular weight excluding hydrogens is 582 g/mol. The summed E-state index contributed by atoms with van der Waals surface area (Å²) >= 11 is 0. The van der Waals surface area contributed by atoms with Crippen LogP contribution in [0.5, 0.6) is 11.5 Å². The van der Waals surface area contributed by atoms with Gasteiger partial charge in [-0.2, -0.15) is 0 Å². The fourth-order valence-corrected chi connectivity index (χ4v) is 6.33. The van der Waals surface area contributed by atoms with Gasteiger partial charge < -0.3 is 39.7 Å². The number of hydrogen-bond donors (Lipinski definition) is 4. The Bertz CT molecular complexity index is 1420. The van der Waals surface area contributed by atoms with E-state index in [2.05, 4.69) is 5.32 Å². The lowest BCUT2D eigenvalue weighted by atomic mass is 9.87. The molecule has 2 bridgehead atoms. The Morgan fingerprint density at radius 1 is 1.09 bits per heavy atom. The van der Waals surface area contributed by atoms with Crippen LogP contribution in [0.4, 0.5) is 4.79 Å². The molecule has 244 valence electrons. The molecule has 2 aromatic carbocycles. The maximum Gasteiger partial charge on any atom is 0.412 e. The Hall–Kier alpha value is -3.87. The van der Waals surface area contributed by atoms with E-state index in [1.165, 1.54) is 18.2 Å². The maximum absolute atomic E-state index is 13.6. The zero-order valence-electron chi connectivity index (χ0n) is 26.2. The second kappa shape index (κ2) is 12.9. The van der Waals surface area contributed by atoms with Crippen molar-refractivity contribution in [3.8, 4) is 11.5 Å². The normalized spacial score (nSPS) is 23.5. The van der Waals surface area contributed by atoms with Crippen LogP contribution >= 0.6 is 0 Å². The number of benzene rings is 2. The van der Waals surface area contributed by atoms with Gasteiger partial charge in [-0.25, -0.2) is 4.79 Å². The molecule has 2 aromatic rings. The third kappa shape index (κ3) is 6.87. The predicted molar refractivity (Wildman–Crippen MR) is 163 cm³/mol. The first-order chi connectivity index (χ1) is 21.3. The van der Waals surface area contributed by atoms with Crippen molar-refractivity contribution in [2.24, 2.45) is 0 Å². The summed E-state index contributed by atoms with van der Waals surface area (Å²) in [5.74, 6) is -0.504. The van der Waals surface area contributed by atoms with Crippen LogP contribution in [-0.2, 0) is 22.4 Å². The quantitative estimate of drug-likeness (QED) is 0.363. The number of aromatic hydroxyl groups is 1. The molecule has 3 heterocycles. The number of carbonyl (C=O) groups is 3. The van der Waals surface area contributed by atoms with Gasteiger partial charge in [-0.15, -0.1) is 0 Å². The van der Waals surface area contributed by atoms with Crippen molar-refractivity contribution in [2.45, 2.75) is 89.4 Å². The van der Waals surface area contributed by atoms with E-state index >= 15 is 0 Å². The molecule has 0 aromatic heterocycles. The number of phenols is 1. The Morgan fingerprint density at radius 3 is 2.47 bits per heavy atom. The molecule has 0 spiro atoms. The minimum absolute atomic E-state index is 0.00163. The molecule has 2 fully saturated rings. The van der Waals surface area contributed by atoms with Gasteiger partial charge in [-0.1, -0.05) is 6.07 Å². The van der Waals surface area contributed by atoms with E-state index in [4.69, 9.17) is 14.2 Å². The van der Waals surface area contributed by atoms with Gasteiger partial charge in [-0.3, -0.25) is 14.5 Å². The van der Waals surface area contributed by atoms with Crippen molar-refractivity contribution in [3.05, 3.63) is 58.7 Å². The maximum atomic E-state index is 13.6. The summed E-state index contributed by atoms with van der Waals surface area (Å²) in [6, 6.07) is 9.29. The van der Waals surface area contributed by atoms with Crippen LogP contribution in [0.25, 0.3) is 0 Å². The smallest absolute Gasteiger partial charge is 0.412 e. The summed E-state index contributed by atoms with van der Waals surface area (Å²) in [6.45, 7) is 7.56. The van der Waals surface area contributed by atoms with Gasteiger partial charge in [-0.05, 0) is 88.4 Å². The second-order valence-electron chi connectivity index (χ2n) is 12.9. The first kappa shape index (κ1) is 32.5. The van der Waals surface area contributed by atoms with E-state index in [1.807, 2.05) is 4.90 Å². The number of amides is 3. The van der Waals surface area contributed by atoms with E-state index in [-0.39, 0.29) is 54.6 Å².